The quantitative estimate of drug-likeness (QED) is 0.592. The molecule has 0 bridgehead atoms. The minimum atomic E-state index is 0.548. The van der Waals surface area contributed by atoms with Crippen LogP contribution in [0.5, 0.6) is 0 Å². The van der Waals surface area contributed by atoms with Crippen LogP contribution >= 0.6 is 11.8 Å². The summed E-state index contributed by atoms with van der Waals surface area (Å²) in [5.41, 5.74) is 0. The molecule has 1 saturated heterocycles. The first-order valence-electron chi connectivity index (χ1n) is 3.04. The third kappa shape index (κ3) is 2.26. The molecule has 1 atom stereocenters. The first kappa shape index (κ1) is 6.93. The van der Waals surface area contributed by atoms with E-state index in [2.05, 4.69) is 4.74 Å². The SMILES string of the molecule is O=[C]OCC1CCCS1. The van der Waals surface area contributed by atoms with Crippen molar-refractivity contribution in [2.24, 2.45) is 0 Å². The van der Waals surface area contributed by atoms with Crippen molar-refractivity contribution in [1.82, 2.24) is 0 Å². The molecule has 1 unspecified atom stereocenters. The Morgan fingerprint density at radius 1 is 1.78 bits per heavy atom. The predicted octanol–water partition coefficient (Wildman–Crippen LogP) is 0.966. The minimum absolute atomic E-state index is 0.548. The highest BCUT2D eigenvalue weighted by Crippen LogP contribution is 2.25. The maximum atomic E-state index is 9.61. The molecule has 3 heteroatoms. The molecule has 1 rings (SSSR count). The average Bonchev–Trinajstić information content (AvgIpc) is 2.34. The average molecular weight is 145 g/mol. The summed E-state index contributed by atoms with van der Waals surface area (Å²) in [5, 5.41) is 0.548. The van der Waals surface area contributed by atoms with Crippen molar-refractivity contribution in [3.8, 4) is 0 Å². The summed E-state index contributed by atoms with van der Waals surface area (Å²) in [6.07, 6.45) is 2.45. The lowest BCUT2D eigenvalue weighted by Crippen LogP contribution is -2.06. The maximum absolute atomic E-state index is 9.61. The van der Waals surface area contributed by atoms with Crippen molar-refractivity contribution in [2.45, 2.75) is 18.1 Å². The van der Waals surface area contributed by atoms with E-state index in [1.807, 2.05) is 11.8 Å². The second-order valence-corrected chi connectivity index (χ2v) is 3.44. The topological polar surface area (TPSA) is 26.3 Å². The molecule has 1 aliphatic rings. The number of hydrogen-bond donors (Lipinski definition) is 0. The molecule has 0 amide bonds. The predicted molar refractivity (Wildman–Crippen MR) is 37.1 cm³/mol. The number of thioether (sulfide) groups is 1. The Morgan fingerprint density at radius 3 is 3.22 bits per heavy atom. The molecule has 9 heavy (non-hydrogen) atoms. The zero-order chi connectivity index (χ0) is 6.53. The van der Waals surface area contributed by atoms with Gasteiger partial charge in [-0.3, -0.25) is 0 Å². The summed E-state index contributed by atoms with van der Waals surface area (Å²) in [7, 11) is 0. The lowest BCUT2D eigenvalue weighted by molar-refractivity contribution is 0.276. The number of ether oxygens (including phenoxy) is 1. The molecule has 0 aromatic carbocycles. The van der Waals surface area contributed by atoms with Crippen molar-refractivity contribution in [1.29, 1.82) is 0 Å². The summed E-state index contributed by atoms with van der Waals surface area (Å²) in [6, 6.07) is 0. The Kier molecular flexibility index (Phi) is 2.91. The van der Waals surface area contributed by atoms with Gasteiger partial charge in [0.05, 0.1) is 0 Å². The smallest absolute Gasteiger partial charge is 0.417 e. The van der Waals surface area contributed by atoms with Gasteiger partial charge < -0.3 is 4.74 Å². The number of hydrogen-bond acceptors (Lipinski definition) is 3. The van der Waals surface area contributed by atoms with Crippen LogP contribution in [0.3, 0.4) is 0 Å². The van der Waals surface area contributed by atoms with Crippen LogP contribution in [0.25, 0.3) is 0 Å². The Balaban J connectivity index is 2.04. The van der Waals surface area contributed by atoms with Crippen LogP contribution in [0.15, 0.2) is 0 Å². The van der Waals surface area contributed by atoms with E-state index in [9.17, 15) is 4.79 Å². The number of carbonyl (C=O) groups excluding carboxylic acids is 1. The lowest BCUT2D eigenvalue weighted by atomic mass is 10.3. The molecule has 2 nitrogen and oxygen atoms in total. The molecule has 0 aliphatic carbocycles. The fourth-order valence-corrected chi connectivity index (χ4v) is 2.07. The van der Waals surface area contributed by atoms with E-state index in [4.69, 9.17) is 0 Å². The first-order valence-corrected chi connectivity index (χ1v) is 4.09. The highest BCUT2D eigenvalue weighted by Gasteiger charge is 2.15. The van der Waals surface area contributed by atoms with Crippen LogP contribution in [-0.4, -0.2) is 24.1 Å². The summed E-state index contributed by atoms with van der Waals surface area (Å²) >= 11 is 1.88. The molecular weight excluding hydrogens is 136 g/mol. The first-order chi connectivity index (χ1) is 4.43. The van der Waals surface area contributed by atoms with E-state index in [1.165, 1.54) is 25.1 Å². The van der Waals surface area contributed by atoms with Crippen LogP contribution in [-0.2, 0) is 9.53 Å². The van der Waals surface area contributed by atoms with Gasteiger partial charge in [-0.05, 0) is 18.6 Å². The molecule has 0 spiro atoms. The van der Waals surface area contributed by atoms with Gasteiger partial charge >= 0.3 is 6.47 Å². The van der Waals surface area contributed by atoms with Crippen LogP contribution in [0, 0.1) is 0 Å². The molecule has 0 N–H and O–H groups in total. The van der Waals surface area contributed by atoms with E-state index in [1.54, 1.807) is 0 Å². The Hall–Kier alpha value is -0.180. The normalized spacial score (nSPS) is 26.0. The van der Waals surface area contributed by atoms with E-state index in [0.29, 0.717) is 11.9 Å². The Labute approximate surface area is 59.0 Å². The molecule has 0 aromatic rings. The van der Waals surface area contributed by atoms with Crippen LogP contribution in [0.2, 0.25) is 0 Å². The van der Waals surface area contributed by atoms with Gasteiger partial charge in [0.25, 0.3) is 0 Å². The largest absolute Gasteiger partial charge is 0.456 e. The lowest BCUT2D eigenvalue weighted by Gasteiger charge is -2.03. The summed E-state index contributed by atoms with van der Waals surface area (Å²) in [5.74, 6) is 1.22. The molecule has 51 valence electrons. The molecular formula is C6H9O2S. The van der Waals surface area contributed by atoms with E-state index >= 15 is 0 Å². The van der Waals surface area contributed by atoms with Crippen molar-refractivity contribution in [2.75, 3.05) is 12.4 Å². The van der Waals surface area contributed by atoms with Crippen molar-refractivity contribution in [3.05, 3.63) is 0 Å². The Bertz CT molecular complexity index is 89.1. The van der Waals surface area contributed by atoms with Gasteiger partial charge in [-0.1, -0.05) is 0 Å². The molecule has 1 radical (unpaired) electrons. The number of rotatable bonds is 3. The second-order valence-electron chi connectivity index (χ2n) is 2.03. The van der Waals surface area contributed by atoms with Gasteiger partial charge in [-0.2, -0.15) is 11.8 Å². The van der Waals surface area contributed by atoms with Gasteiger partial charge in [0.2, 0.25) is 0 Å². The monoisotopic (exact) mass is 145 g/mol. The summed E-state index contributed by atoms with van der Waals surface area (Å²) < 4.78 is 4.49. The maximum Gasteiger partial charge on any atom is 0.417 e. The standard InChI is InChI=1S/C6H9O2S/c7-5-8-4-6-2-1-3-9-6/h6H,1-4H2. The highest BCUT2D eigenvalue weighted by atomic mass is 32.2. The van der Waals surface area contributed by atoms with Gasteiger partial charge in [0.1, 0.15) is 6.61 Å². The third-order valence-corrected chi connectivity index (χ3v) is 2.72. The van der Waals surface area contributed by atoms with Gasteiger partial charge in [-0.15, -0.1) is 0 Å². The minimum Gasteiger partial charge on any atom is -0.456 e. The van der Waals surface area contributed by atoms with Crippen LogP contribution in [0.1, 0.15) is 12.8 Å². The van der Waals surface area contributed by atoms with Gasteiger partial charge in [-0.25, -0.2) is 4.79 Å². The summed E-state index contributed by atoms with van der Waals surface area (Å²) in [4.78, 5) is 9.61. The van der Waals surface area contributed by atoms with Crippen molar-refractivity contribution >= 4 is 18.2 Å². The van der Waals surface area contributed by atoms with Crippen molar-refractivity contribution in [3.63, 3.8) is 0 Å². The molecule has 1 aliphatic heterocycles. The fourth-order valence-electron chi connectivity index (χ4n) is 0.903. The van der Waals surface area contributed by atoms with E-state index < -0.39 is 0 Å². The Morgan fingerprint density at radius 2 is 2.67 bits per heavy atom. The third-order valence-electron chi connectivity index (χ3n) is 1.35. The molecule has 0 saturated carbocycles. The molecule has 0 aromatic heterocycles. The summed E-state index contributed by atoms with van der Waals surface area (Å²) in [6.45, 7) is 1.98. The van der Waals surface area contributed by atoms with Gasteiger partial charge in [0, 0.05) is 5.25 Å². The van der Waals surface area contributed by atoms with Gasteiger partial charge in [0.15, 0.2) is 0 Å². The van der Waals surface area contributed by atoms with E-state index in [0.717, 1.165) is 0 Å². The van der Waals surface area contributed by atoms with Crippen LogP contribution in [0.4, 0.5) is 0 Å². The van der Waals surface area contributed by atoms with E-state index in [-0.39, 0.29) is 0 Å². The highest BCUT2D eigenvalue weighted by molar-refractivity contribution is 8.00. The fraction of sp³-hybridized carbons (Fsp3) is 0.833. The second kappa shape index (κ2) is 3.77. The van der Waals surface area contributed by atoms with Crippen LogP contribution < -0.4 is 0 Å². The van der Waals surface area contributed by atoms with Crippen molar-refractivity contribution < 1.29 is 9.53 Å². The zero-order valence-corrected chi connectivity index (χ0v) is 5.95. The molecule has 1 fully saturated rings. The zero-order valence-electron chi connectivity index (χ0n) is 5.13. The molecule has 1 heterocycles.